The molecule has 2 aliphatic rings. The third kappa shape index (κ3) is 6.29. The van der Waals surface area contributed by atoms with Gasteiger partial charge in [-0.05, 0) is 49.7 Å². The standard InChI is InChI=1S/C18H31N5S.HI/c1-3-22(16-6-7-16)13-10-20-18(19-2)21-15-8-11-23(12-9-15)17-5-4-14-24-17;/h4-5,14-16H,3,6-13H2,1-2H3,(H2,19,20,21);1H. The van der Waals surface area contributed by atoms with Gasteiger partial charge in [0.1, 0.15) is 0 Å². The third-order valence-corrected chi connectivity index (χ3v) is 5.97. The molecule has 1 aliphatic heterocycles. The van der Waals surface area contributed by atoms with Crippen LogP contribution in [0.15, 0.2) is 22.5 Å². The van der Waals surface area contributed by atoms with Crippen molar-refractivity contribution in [2.24, 2.45) is 4.99 Å². The molecule has 0 atom stereocenters. The Morgan fingerprint density at radius 2 is 2.08 bits per heavy atom. The topological polar surface area (TPSA) is 42.9 Å². The van der Waals surface area contributed by atoms with Gasteiger partial charge in [-0.3, -0.25) is 9.89 Å². The Morgan fingerprint density at radius 3 is 2.64 bits per heavy atom. The summed E-state index contributed by atoms with van der Waals surface area (Å²) < 4.78 is 0. The Morgan fingerprint density at radius 1 is 1.32 bits per heavy atom. The lowest BCUT2D eigenvalue weighted by Gasteiger charge is -2.33. The summed E-state index contributed by atoms with van der Waals surface area (Å²) in [5, 5.41) is 10.7. The zero-order valence-electron chi connectivity index (χ0n) is 15.4. The second kappa shape index (κ2) is 10.6. The molecule has 0 amide bonds. The lowest BCUT2D eigenvalue weighted by molar-refractivity contribution is 0.281. The summed E-state index contributed by atoms with van der Waals surface area (Å²) in [6.45, 7) is 7.74. The van der Waals surface area contributed by atoms with Gasteiger partial charge in [0.05, 0.1) is 5.00 Å². The fraction of sp³-hybridized carbons (Fsp3) is 0.722. The van der Waals surface area contributed by atoms with Crippen molar-refractivity contribution in [1.82, 2.24) is 15.5 Å². The molecule has 7 heteroatoms. The van der Waals surface area contributed by atoms with Crippen molar-refractivity contribution >= 4 is 46.3 Å². The van der Waals surface area contributed by atoms with Crippen molar-refractivity contribution in [2.45, 2.75) is 44.7 Å². The van der Waals surface area contributed by atoms with Gasteiger partial charge in [0.25, 0.3) is 0 Å². The third-order valence-electron chi connectivity index (χ3n) is 5.04. The second-order valence-electron chi connectivity index (χ2n) is 6.72. The highest BCUT2D eigenvalue weighted by atomic mass is 127. The summed E-state index contributed by atoms with van der Waals surface area (Å²) >= 11 is 1.84. The summed E-state index contributed by atoms with van der Waals surface area (Å²) in [6.07, 6.45) is 5.09. The van der Waals surface area contributed by atoms with Gasteiger partial charge in [0, 0.05) is 45.3 Å². The number of hydrogen-bond donors (Lipinski definition) is 2. The van der Waals surface area contributed by atoms with E-state index in [9.17, 15) is 0 Å². The van der Waals surface area contributed by atoms with E-state index < -0.39 is 0 Å². The first-order chi connectivity index (χ1) is 11.8. The number of thiophene rings is 1. The molecule has 142 valence electrons. The Kier molecular flexibility index (Phi) is 8.78. The van der Waals surface area contributed by atoms with E-state index in [2.05, 4.69) is 49.9 Å². The van der Waals surface area contributed by atoms with Crippen LogP contribution in [0.25, 0.3) is 0 Å². The van der Waals surface area contributed by atoms with Crippen molar-refractivity contribution in [3.63, 3.8) is 0 Å². The maximum Gasteiger partial charge on any atom is 0.191 e. The van der Waals surface area contributed by atoms with Crippen LogP contribution in [-0.2, 0) is 0 Å². The van der Waals surface area contributed by atoms with Crippen molar-refractivity contribution in [1.29, 1.82) is 0 Å². The highest BCUT2D eigenvalue weighted by Gasteiger charge is 2.27. The number of hydrogen-bond acceptors (Lipinski definition) is 4. The summed E-state index contributed by atoms with van der Waals surface area (Å²) in [7, 11) is 1.87. The van der Waals surface area contributed by atoms with Crippen molar-refractivity contribution < 1.29 is 0 Å². The van der Waals surface area contributed by atoms with Gasteiger partial charge in [-0.1, -0.05) is 6.92 Å². The predicted molar refractivity (Wildman–Crippen MR) is 120 cm³/mol. The molecular formula is C18H32IN5S. The normalized spacial score (nSPS) is 19.0. The molecule has 5 nitrogen and oxygen atoms in total. The number of anilines is 1. The Bertz CT molecular complexity index is 510. The van der Waals surface area contributed by atoms with Crippen LogP contribution in [0.1, 0.15) is 32.6 Å². The van der Waals surface area contributed by atoms with Gasteiger partial charge in [-0.15, -0.1) is 35.3 Å². The molecule has 2 fully saturated rings. The Labute approximate surface area is 173 Å². The lowest BCUT2D eigenvalue weighted by atomic mass is 10.1. The van der Waals surface area contributed by atoms with Crippen LogP contribution in [0.4, 0.5) is 5.00 Å². The largest absolute Gasteiger partial charge is 0.363 e. The van der Waals surface area contributed by atoms with Crippen molar-refractivity contribution in [2.75, 3.05) is 44.7 Å². The molecule has 1 aromatic heterocycles. The maximum absolute atomic E-state index is 4.40. The van der Waals surface area contributed by atoms with Crippen LogP contribution >= 0.6 is 35.3 Å². The molecule has 0 unspecified atom stereocenters. The maximum atomic E-state index is 4.40. The van der Waals surface area contributed by atoms with Crippen molar-refractivity contribution in [3.05, 3.63) is 17.5 Å². The van der Waals surface area contributed by atoms with Crippen LogP contribution in [0.2, 0.25) is 0 Å². The molecule has 1 saturated carbocycles. The van der Waals surface area contributed by atoms with Crippen LogP contribution in [-0.4, -0.2) is 62.7 Å². The molecule has 1 aromatic rings. The zero-order chi connectivity index (χ0) is 16.8. The van der Waals surface area contributed by atoms with E-state index >= 15 is 0 Å². The van der Waals surface area contributed by atoms with Gasteiger partial charge in [-0.2, -0.15) is 0 Å². The molecule has 3 rings (SSSR count). The zero-order valence-corrected chi connectivity index (χ0v) is 18.6. The summed E-state index contributed by atoms with van der Waals surface area (Å²) in [5.41, 5.74) is 0. The van der Waals surface area contributed by atoms with Crippen LogP contribution in [0.5, 0.6) is 0 Å². The van der Waals surface area contributed by atoms with E-state index in [0.29, 0.717) is 6.04 Å². The average molecular weight is 477 g/mol. The molecule has 1 aliphatic carbocycles. The second-order valence-corrected chi connectivity index (χ2v) is 7.64. The van der Waals surface area contributed by atoms with Gasteiger partial charge in [0.15, 0.2) is 5.96 Å². The minimum atomic E-state index is 0. The first kappa shape index (κ1) is 20.8. The van der Waals surface area contributed by atoms with E-state index in [1.54, 1.807) is 0 Å². The molecule has 1 saturated heterocycles. The van der Waals surface area contributed by atoms with E-state index in [1.165, 1.54) is 30.7 Å². The monoisotopic (exact) mass is 477 g/mol. The number of nitrogens with zero attached hydrogens (tertiary/aromatic N) is 3. The number of halogens is 1. The van der Waals surface area contributed by atoms with Gasteiger partial charge in [0.2, 0.25) is 0 Å². The minimum Gasteiger partial charge on any atom is -0.363 e. The van der Waals surface area contributed by atoms with E-state index in [4.69, 9.17) is 0 Å². The Balaban J connectivity index is 0.00000225. The number of guanidine groups is 1. The number of piperidine rings is 1. The first-order valence-electron chi connectivity index (χ1n) is 9.30. The quantitative estimate of drug-likeness (QED) is 0.360. The predicted octanol–water partition coefficient (Wildman–Crippen LogP) is 2.98. The summed E-state index contributed by atoms with van der Waals surface area (Å²) in [4.78, 5) is 9.46. The van der Waals surface area contributed by atoms with E-state index in [-0.39, 0.29) is 24.0 Å². The number of rotatable bonds is 7. The van der Waals surface area contributed by atoms with Crippen LogP contribution in [0.3, 0.4) is 0 Å². The Hall–Kier alpha value is -0.540. The first-order valence-corrected chi connectivity index (χ1v) is 10.2. The highest BCUT2D eigenvalue weighted by molar-refractivity contribution is 14.0. The fourth-order valence-corrected chi connectivity index (χ4v) is 4.22. The molecule has 0 spiro atoms. The van der Waals surface area contributed by atoms with Gasteiger partial charge >= 0.3 is 0 Å². The molecule has 0 aromatic carbocycles. The number of nitrogens with one attached hydrogen (secondary N) is 2. The summed E-state index contributed by atoms with van der Waals surface area (Å²) in [6, 6.07) is 5.72. The average Bonchev–Trinajstić information content (AvgIpc) is 3.31. The fourth-order valence-electron chi connectivity index (χ4n) is 3.44. The van der Waals surface area contributed by atoms with Crippen LogP contribution < -0.4 is 15.5 Å². The van der Waals surface area contributed by atoms with E-state index in [0.717, 1.165) is 44.7 Å². The molecular weight excluding hydrogens is 445 g/mol. The molecule has 0 radical (unpaired) electrons. The van der Waals surface area contributed by atoms with Crippen molar-refractivity contribution in [3.8, 4) is 0 Å². The van der Waals surface area contributed by atoms with E-state index in [1.807, 2.05) is 18.4 Å². The molecule has 25 heavy (non-hydrogen) atoms. The highest BCUT2D eigenvalue weighted by Crippen LogP contribution is 2.26. The number of aliphatic imine (C=N–C) groups is 1. The smallest absolute Gasteiger partial charge is 0.191 e. The minimum absolute atomic E-state index is 0. The molecule has 0 bridgehead atoms. The molecule has 2 N–H and O–H groups in total. The lowest BCUT2D eigenvalue weighted by Crippen LogP contribution is -2.49. The van der Waals surface area contributed by atoms with Crippen LogP contribution in [0, 0.1) is 0 Å². The van der Waals surface area contributed by atoms with Gasteiger partial charge < -0.3 is 15.5 Å². The number of likely N-dealkylation sites (N-methyl/N-ethyl adjacent to an activating group) is 1. The molecule has 2 heterocycles. The SMILES string of the molecule is CCN(CCNC(=NC)NC1CCN(c2cccs2)CC1)C1CC1.I. The van der Waals surface area contributed by atoms with Gasteiger partial charge in [-0.25, -0.2) is 0 Å². The summed E-state index contributed by atoms with van der Waals surface area (Å²) in [5.74, 6) is 0.955.